The average molecular weight is 393 g/mol. The van der Waals surface area contributed by atoms with Crippen LogP contribution in [0.25, 0.3) is 0 Å². The van der Waals surface area contributed by atoms with Crippen LogP contribution in [0.15, 0.2) is 48.7 Å². The lowest BCUT2D eigenvalue weighted by atomic mass is 10.1. The van der Waals surface area contributed by atoms with Gasteiger partial charge in [-0.05, 0) is 24.3 Å². The molecule has 2 N–H and O–H groups in total. The van der Waals surface area contributed by atoms with Crippen molar-refractivity contribution < 1.29 is 35.9 Å². The Kier molecular flexibility index (Phi) is 5.52. The van der Waals surface area contributed by atoms with Crippen molar-refractivity contribution >= 4 is 11.7 Å². The predicted octanol–water partition coefficient (Wildman–Crippen LogP) is 3.75. The second kappa shape index (κ2) is 7.33. The van der Waals surface area contributed by atoms with Crippen LogP contribution in [-0.4, -0.2) is 36.0 Å². The molecule has 1 aromatic heterocycles. The zero-order valence-electron chi connectivity index (χ0n) is 13.7. The minimum atomic E-state index is -5.94. The van der Waals surface area contributed by atoms with Crippen molar-refractivity contribution in [2.45, 2.75) is 18.0 Å². The third-order valence-corrected chi connectivity index (χ3v) is 3.48. The average Bonchev–Trinajstić information content (AvgIpc) is 2.60. The molecule has 0 atom stereocenters. The largest absolute Gasteiger partial charge is 0.496 e. The van der Waals surface area contributed by atoms with E-state index in [1.807, 2.05) is 0 Å². The van der Waals surface area contributed by atoms with Crippen LogP contribution < -0.4 is 15.4 Å². The van der Waals surface area contributed by atoms with Crippen LogP contribution in [0.4, 0.5) is 32.2 Å². The van der Waals surface area contributed by atoms with Crippen molar-refractivity contribution in [3.63, 3.8) is 0 Å². The van der Waals surface area contributed by atoms with Gasteiger partial charge in [0.1, 0.15) is 11.6 Å². The molecule has 1 amide bonds. The Morgan fingerprint density at radius 2 is 1.56 bits per heavy atom. The number of alkyl halides is 6. The van der Waals surface area contributed by atoms with E-state index in [0.717, 1.165) is 30.8 Å². The van der Waals surface area contributed by atoms with E-state index in [2.05, 4.69) is 4.98 Å². The van der Waals surface area contributed by atoms with Gasteiger partial charge in [0.05, 0.1) is 12.7 Å². The van der Waals surface area contributed by atoms with E-state index in [1.165, 1.54) is 35.6 Å². The number of amides is 1. The van der Waals surface area contributed by atoms with Crippen molar-refractivity contribution in [2.24, 2.45) is 0 Å². The number of pyridine rings is 1. The number of anilines is 1. The van der Waals surface area contributed by atoms with Crippen molar-refractivity contribution in [3.8, 4) is 5.75 Å². The maximum atomic E-state index is 13.6. The number of nitrogens with one attached hydrogen (secondary N) is 2. The fourth-order valence-electron chi connectivity index (χ4n) is 2.17. The zero-order chi connectivity index (χ0) is 20.3. The second-order valence-electron chi connectivity index (χ2n) is 5.24. The predicted molar refractivity (Wildman–Crippen MR) is 83.2 cm³/mol. The molecule has 27 heavy (non-hydrogen) atoms. The molecule has 2 rings (SSSR count). The molecular formula is C16H13F6N3O2. The number of nitrogens with zero attached hydrogens (tertiary/aromatic N) is 1. The summed E-state index contributed by atoms with van der Waals surface area (Å²) >= 11 is 0. The summed E-state index contributed by atoms with van der Waals surface area (Å²) < 4.78 is 86.2. The Labute approximate surface area is 149 Å². The quantitative estimate of drug-likeness (QED) is 0.600. The van der Waals surface area contributed by atoms with Gasteiger partial charge in [-0.3, -0.25) is 4.79 Å². The van der Waals surface area contributed by atoms with Crippen LogP contribution in [0, 0.1) is 0 Å². The molecule has 0 saturated heterocycles. The summed E-state index contributed by atoms with van der Waals surface area (Å²) in [5, 5.41) is 2.31. The van der Waals surface area contributed by atoms with E-state index in [1.54, 1.807) is 0 Å². The molecule has 0 saturated carbocycles. The van der Waals surface area contributed by atoms with Gasteiger partial charge in [0, 0.05) is 6.20 Å². The van der Waals surface area contributed by atoms with E-state index in [0.29, 0.717) is 0 Å². The zero-order valence-corrected chi connectivity index (χ0v) is 13.7. The first-order valence-electron chi connectivity index (χ1n) is 7.30. The summed E-state index contributed by atoms with van der Waals surface area (Å²) in [4.78, 5) is 15.7. The summed E-state index contributed by atoms with van der Waals surface area (Å²) in [6, 6.07) is 8.34. The molecule has 0 fully saturated rings. The van der Waals surface area contributed by atoms with Gasteiger partial charge < -0.3 is 15.4 Å². The minimum Gasteiger partial charge on any atom is -0.496 e. The second-order valence-corrected chi connectivity index (χ2v) is 5.24. The number of benzene rings is 1. The van der Waals surface area contributed by atoms with Gasteiger partial charge in [-0.2, -0.15) is 26.3 Å². The Hall–Kier alpha value is -2.98. The number of para-hydroxylation sites is 1. The molecule has 5 nitrogen and oxygen atoms in total. The highest BCUT2D eigenvalue weighted by molar-refractivity contribution is 5.97. The Bertz CT molecular complexity index is 779. The normalized spacial score (nSPS) is 12.4. The molecule has 146 valence electrons. The molecule has 0 aliphatic heterocycles. The molecular weight excluding hydrogens is 380 g/mol. The van der Waals surface area contributed by atoms with Crippen LogP contribution in [0.1, 0.15) is 10.4 Å². The highest BCUT2D eigenvalue weighted by Crippen LogP contribution is 2.43. The molecule has 0 unspecified atom stereocenters. The highest BCUT2D eigenvalue weighted by atomic mass is 19.4. The van der Waals surface area contributed by atoms with E-state index >= 15 is 0 Å². The highest BCUT2D eigenvalue weighted by Gasteiger charge is 2.73. The molecule has 0 aliphatic carbocycles. The lowest BCUT2D eigenvalue weighted by Gasteiger charge is -2.38. The number of ether oxygens (including phenoxy) is 1. The molecule has 0 aliphatic rings. The molecule has 2 aromatic rings. The first-order chi connectivity index (χ1) is 12.5. The van der Waals surface area contributed by atoms with Gasteiger partial charge in [0.15, 0.2) is 0 Å². The van der Waals surface area contributed by atoms with Crippen LogP contribution in [0.3, 0.4) is 0 Å². The van der Waals surface area contributed by atoms with Gasteiger partial charge >= 0.3 is 18.0 Å². The number of carbonyl (C=O) groups is 1. The fraction of sp³-hybridized carbons (Fsp3) is 0.250. The number of carbonyl (C=O) groups excluding carboxylic acids is 1. The number of hydrogen-bond donors (Lipinski definition) is 2. The molecule has 11 heteroatoms. The van der Waals surface area contributed by atoms with Crippen molar-refractivity contribution in [1.29, 1.82) is 0 Å². The van der Waals surface area contributed by atoms with Gasteiger partial charge in [-0.15, -0.1) is 0 Å². The number of methoxy groups -OCH3 is 1. The lowest BCUT2D eigenvalue weighted by Crippen LogP contribution is -2.72. The van der Waals surface area contributed by atoms with Gasteiger partial charge in [0.25, 0.3) is 5.91 Å². The molecule has 1 aromatic carbocycles. The third-order valence-electron chi connectivity index (χ3n) is 3.48. The minimum absolute atomic E-state index is 0.189. The first kappa shape index (κ1) is 20.3. The van der Waals surface area contributed by atoms with Crippen LogP contribution in [0.5, 0.6) is 5.75 Å². The van der Waals surface area contributed by atoms with Crippen LogP contribution >= 0.6 is 0 Å². The fourth-order valence-corrected chi connectivity index (χ4v) is 2.17. The van der Waals surface area contributed by atoms with Gasteiger partial charge in [-0.1, -0.05) is 18.2 Å². The summed E-state index contributed by atoms with van der Waals surface area (Å²) in [5.74, 6) is -2.55. The lowest BCUT2D eigenvalue weighted by molar-refractivity contribution is -0.294. The first-order valence-corrected chi connectivity index (χ1v) is 7.30. The molecule has 1 heterocycles. The standard InChI is InChI=1S/C16H13F6N3O2/c1-27-11-7-3-2-6-10(11)13(26)25-14(15(17,18)19,16(20,21)22)24-12-8-4-5-9-23-12/h2-9H,1H3,(H,23,24)(H,25,26). The maximum Gasteiger partial charge on any atom is 0.439 e. The Balaban J connectivity index is 2.53. The SMILES string of the molecule is COc1ccccc1C(=O)NC(Nc1ccccn1)(C(F)(F)F)C(F)(F)F. The maximum absolute atomic E-state index is 13.6. The van der Waals surface area contributed by atoms with Crippen LogP contribution in [0.2, 0.25) is 0 Å². The van der Waals surface area contributed by atoms with Crippen molar-refractivity contribution in [2.75, 3.05) is 12.4 Å². The van der Waals surface area contributed by atoms with Crippen molar-refractivity contribution in [1.82, 2.24) is 10.3 Å². The molecule has 0 radical (unpaired) electrons. The summed E-state index contributed by atoms with van der Waals surface area (Å²) in [6.07, 6.45) is -10.9. The van der Waals surface area contributed by atoms with E-state index in [-0.39, 0.29) is 5.75 Å². The van der Waals surface area contributed by atoms with E-state index in [9.17, 15) is 31.1 Å². The number of rotatable bonds is 5. The van der Waals surface area contributed by atoms with E-state index in [4.69, 9.17) is 4.74 Å². The monoisotopic (exact) mass is 393 g/mol. The summed E-state index contributed by atoms with van der Waals surface area (Å²) in [7, 11) is 1.12. The van der Waals surface area contributed by atoms with Gasteiger partial charge in [-0.25, -0.2) is 4.98 Å². The van der Waals surface area contributed by atoms with Crippen molar-refractivity contribution in [3.05, 3.63) is 54.2 Å². The number of halogens is 6. The van der Waals surface area contributed by atoms with Crippen LogP contribution in [-0.2, 0) is 0 Å². The Morgan fingerprint density at radius 3 is 2.07 bits per heavy atom. The summed E-state index contributed by atoms with van der Waals surface area (Å²) in [5.41, 5.74) is -5.27. The smallest absolute Gasteiger partial charge is 0.439 e. The third kappa shape index (κ3) is 4.07. The number of aromatic nitrogens is 1. The van der Waals surface area contributed by atoms with Gasteiger partial charge in [0.2, 0.25) is 0 Å². The summed E-state index contributed by atoms with van der Waals surface area (Å²) in [6.45, 7) is 0. The Morgan fingerprint density at radius 1 is 0.963 bits per heavy atom. The molecule has 0 bridgehead atoms. The topological polar surface area (TPSA) is 63.2 Å². The van der Waals surface area contributed by atoms with E-state index < -0.39 is 35.3 Å². The number of hydrogen-bond acceptors (Lipinski definition) is 4. The molecule has 0 spiro atoms.